The van der Waals surface area contributed by atoms with Crippen LogP contribution >= 0.6 is 0 Å². The zero-order chi connectivity index (χ0) is 29.6. The Bertz CT molecular complexity index is 1570. The molecule has 0 spiro atoms. The molecule has 1 aromatic heterocycles. The highest BCUT2D eigenvalue weighted by molar-refractivity contribution is 5.76. The number of halogens is 1. The fraction of sp³-hybridized carbons (Fsp3) is 0.444. The summed E-state index contributed by atoms with van der Waals surface area (Å²) in [5.41, 5.74) is 4.58. The third kappa shape index (κ3) is 5.38. The molecule has 43 heavy (non-hydrogen) atoms. The van der Waals surface area contributed by atoms with E-state index in [-0.39, 0.29) is 23.8 Å². The van der Waals surface area contributed by atoms with Gasteiger partial charge in [0.2, 0.25) is 0 Å². The predicted molar refractivity (Wildman–Crippen MR) is 167 cm³/mol. The summed E-state index contributed by atoms with van der Waals surface area (Å²) in [6.45, 7) is 3.87. The molecule has 3 saturated heterocycles. The fourth-order valence-electron chi connectivity index (χ4n) is 8.71. The van der Waals surface area contributed by atoms with Gasteiger partial charge in [-0.05, 0) is 99.2 Å². The smallest absolute Gasteiger partial charge is 0.317 e. The van der Waals surface area contributed by atoms with Crippen molar-refractivity contribution in [3.63, 3.8) is 0 Å². The lowest BCUT2D eigenvalue weighted by atomic mass is 9.67. The van der Waals surface area contributed by atoms with Gasteiger partial charge in [-0.3, -0.25) is 14.6 Å². The van der Waals surface area contributed by atoms with Crippen LogP contribution in [0.3, 0.4) is 0 Å². The van der Waals surface area contributed by atoms with Crippen molar-refractivity contribution in [2.24, 2.45) is 0 Å². The SMILES string of the molecule is Cc1nc2ccccc2n1C1CC2CCC(C1)N2CCC1(c2ccccc2)CCN(CC(=O)O)C(c2ccc(F)cc2)C1. The molecule has 0 radical (unpaired) electrons. The Hall–Kier alpha value is -3.55. The maximum absolute atomic E-state index is 13.9. The van der Waals surface area contributed by atoms with E-state index in [9.17, 15) is 14.3 Å². The first-order valence-electron chi connectivity index (χ1n) is 15.9. The van der Waals surface area contributed by atoms with Crippen LogP contribution < -0.4 is 0 Å². The van der Waals surface area contributed by atoms with Crippen LogP contribution in [0, 0.1) is 12.7 Å². The highest BCUT2D eigenvalue weighted by Gasteiger charge is 2.46. The number of piperidine rings is 2. The molecule has 4 aromatic rings. The van der Waals surface area contributed by atoms with Gasteiger partial charge in [0.15, 0.2) is 0 Å². The summed E-state index contributed by atoms with van der Waals surface area (Å²) < 4.78 is 16.4. The van der Waals surface area contributed by atoms with E-state index in [1.54, 1.807) is 0 Å². The molecule has 7 heteroatoms. The van der Waals surface area contributed by atoms with E-state index in [0.717, 1.165) is 55.6 Å². The number of carboxylic acids is 1. The number of hydrogen-bond acceptors (Lipinski definition) is 4. The third-order valence-corrected chi connectivity index (χ3v) is 10.7. The number of likely N-dealkylation sites (tertiary alicyclic amines) is 1. The van der Waals surface area contributed by atoms with Crippen LogP contribution in [0.1, 0.15) is 74.0 Å². The van der Waals surface area contributed by atoms with Crippen molar-refractivity contribution in [1.29, 1.82) is 0 Å². The summed E-state index contributed by atoms with van der Waals surface area (Å²) in [6, 6.07) is 27.5. The second-order valence-corrected chi connectivity index (χ2v) is 13.0. The van der Waals surface area contributed by atoms with E-state index >= 15 is 0 Å². The number of aryl methyl sites for hydroxylation is 1. The van der Waals surface area contributed by atoms with E-state index in [1.807, 2.05) is 12.1 Å². The third-order valence-electron chi connectivity index (χ3n) is 10.7. The summed E-state index contributed by atoms with van der Waals surface area (Å²) in [7, 11) is 0. The molecule has 7 rings (SSSR count). The molecule has 2 bridgehead atoms. The standard InChI is InChI=1S/C36H41FN4O2/c1-25-38-32-9-5-6-10-33(32)41(25)31-21-29-15-16-30(22-31)40(29)20-18-36(27-7-3-2-4-8-27)17-19-39(24-35(42)43)34(23-36)26-11-13-28(37)14-12-26/h2-14,29-31,34H,15-24H2,1H3,(H,42,43). The maximum atomic E-state index is 13.9. The second kappa shape index (κ2) is 11.5. The van der Waals surface area contributed by atoms with Crippen LogP contribution in [0.4, 0.5) is 4.39 Å². The Labute approximate surface area is 253 Å². The van der Waals surface area contributed by atoms with Crippen molar-refractivity contribution in [2.45, 2.75) is 81.5 Å². The second-order valence-electron chi connectivity index (χ2n) is 13.0. The van der Waals surface area contributed by atoms with Gasteiger partial charge in [-0.1, -0.05) is 54.6 Å². The Morgan fingerprint density at radius 2 is 1.65 bits per heavy atom. The van der Waals surface area contributed by atoms with E-state index in [4.69, 9.17) is 4.98 Å². The molecule has 4 unspecified atom stereocenters. The normalized spacial score (nSPS) is 28.0. The molecule has 4 heterocycles. The number of hydrogen-bond donors (Lipinski definition) is 1. The number of benzene rings is 3. The monoisotopic (exact) mass is 580 g/mol. The Balaban J connectivity index is 1.14. The van der Waals surface area contributed by atoms with Crippen molar-refractivity contribution in [2.75, 3.05) is 19.6 Å². The first-order chi connectivity index (χ1) is 20.9. The molecule has 0 amide bonds. The molecule has 4 atom stereocenters. The van der Waals surface area contributed by atoms with Gasteiger partial charge in [0.05, 0.1) is 17.6 Å². The lowest BCUT2D eigenvalue weighted by Crippen LogP contribution is -2.49. The Morgan fingerprint density at radius 3 is 2.37 bits per heavy atom. The summed E-state index contributed by atoms with van der Waals surface area (Å²) >= 11 is 0. The highest BCUT2D eigenvalue weighted by atomic mass is 19.1. The number of imidazole rings is 1. The first kappa shape index (κ1) is 28.2. The molecule has 224 valence electrons. The van der Waals surface area contributed by atoms with Crippen molar-refractivity contribution >= 4 is 17.0 Å². The Kier molecular flexibility index (Phi) is 7.56. The average molecular weight is 581 g/mol. The maximum Gasteiger partial charge on any atom is 0.317 e. The number of aromatic nitrogens is 2. The van der Waals surface area contributed by atoms with E-state index in [0.29, 0.717) is 24.7 Å². The number of carboxylic acid groups (broad SMARTS) is 1. The zero-order valence-electron chi connectivity index (χ0n) is 24.9. The van der Waals surface area contributed by atoms with Crippen LogP contribution in [0.25, 0.3) is 11.0 Å². The highest BCUT2D eigenvalue weighted by Crippen LogP contribution is 2.48. The van der Waals surface area contributed by atoms with E-state index in [2.05, 4.69) is 75.9 Å². The van der Waals surface area contributed by atoms with Gasteiger partial charge >= 0.3 is 5.97 Å². The number of carbonyl (C=O) groups is 1. The van der Waals surface area contributed by atoms with Gasteiger partial charge in [-0.15, -0.1) is 0 Å². The van der Waals surface area contributed by atoms with Crippen molar-refractivity contribution in [1.82, 2.24) is 19.4 Å². The van der Waals surface area contributed by atoms with Gasteiger partial charge in [0.25, 0.3) is 0 Å². The summed E-state index contributed by atoms with van der Waals surface area (Å²) in [5, 5.41) is 9.71. The number of nitrogens with zero attached hydrogens (tertiary/aromatic N) is 4. The summed E-state index contributed by atoms with van der Waals surface area (Å²) in [4.78, 5) is 21.6. The van der Waals surface area contributed by atoms with Crippen LogP contribution in [0.15, 0.2) is 78.9 Å². The topological polar surface area (TPSA) is 61.6 Å². The fourth-order valence-corrected chi connectivity index (χ4v) is 8.71. The van der Waals surface area contributed by atoms with Gasteiger partial charge in [-0.25, -0.2) is 9.37 Å². The summed E-state index contributed by atoms with van der Waals surface area (Å²) in [5.74, 6) is 0.0261. The number of rotatable bonds is 8. The largest absolute Gasteiger partial charge is 0.480 e. The van der Waals surface area contributed by atoms with Gasteiger partial charge < -0.3 is 9.67 Å². The van der Waals surface area contributed by atoms with Crippen LogP contribution in [0.2, 0.25) is 0 Å². The molecule has 3 aromatic carbocycles. The quantitative estimate of drug-likeness (QED) is 0.246. The molecular formula is C36H41FN4O2. The zero-order valence-corrected chi connectivity index (χ0v) is 24.9. The molecule has 3 aliphatic heterocycles. The van der Waals surface area contributed by atoms with Gasteiger partial charge in [-0.2, -0.15) is 0 Å². The minimum absolute atomic E-state index is 0.00702. The molecule has 0 saturated carbocycles. The molecule has 3 aliphatic rings. The van der Waals surface area contributed by atoms with Crippen LogP contribution in [-0.2, 0) is 10.2 Å². The lowest BCUT2D eigenvalue weighted by Gasteiger charge is -2.49. The van der Waals surface area contributed by atoms with Crippen molar-refractivity contribution in [3.8, 4) is 0 Å². The average Bonchev–Trinajstić information content (AvgIpc) is 3.47. The van der Waals surface area contributed by atoms with Crippen molar-refractivity contribution in [3.05, 3.63) is 102 Å². The van der Waals surface area contributed by atoms with Gasteiger partial charge in [0.1, 0.15) is 11.6 Å². The number of fused-ring (bicyclic) bond motifs is 3. The summed E-state index contributed by atoms with van der Waals surface area (Å²) in [6.07, 6.45) is 7.56. The Morgan fingerprint density at radius 1 is 0.953 bits per heavy atom. The number of aliphatic carboxylic acids is 1. The lowest BCUT2D eigenvalue weighted by molar-refractivity contribution is -0.139. The first-order valence-corrected chi connectivity index (χ1v) is 15.9. The molecule has 1 N–H and O–H groups in total. The van der Waals surface area contributed by atoms with Crippen LogP contribution in [0.5, 0.6) is 0 Å². The molecule has 0 aliphatic carbocycles. The van der Waals surface area contributed by atoms with E-state index in [1.165, 1.54) is 36.1 Å². The minimum atomic E-state index is -0.820. The van der Waals surface area contributed by atoms with Crippen molar-refractivity contribution < 1.29 is 14.3 Å². The molecule has 6 nitrogen and oxygen atoms in total. The van der Waals surface area contributed by atoms with Crippen LogP contribution in [-0.4, -0.2) is 62.1 Å². The van der Waals surface area contributed by atoms with Gasteiger partial charge in [0, 0.05) is 30.7 Å². The minimum Gasteiger partial charge on any atom is -0.480 e. The molecule has 3 fully saturated rings. The number of para-hydroxylation sites is 2. The predicted octanol–water partition coefficient (Wildman–Crippen LogP) is 6.90. The van der Waals surface area contributed by atoms with E-state index < -0.39 is 5.97 Å². The molecular weight excluding hydrogens is 539 g/mol.